The predicted octanol–water partition coefficient (Wildman–Crippen LogP) is 5.31. The quantitative estimate of drug-likeness (QED) is 0.483. The number of hydrogen-bond acceptors (Lipinski definition) is 5. The Morgan fingerprint density at radius 3 is 2.54 bits per heavy atom. The van der Waals surface area contributed by atoms with Crippen LogP contribution in [0.1, 0.15) is 57.2 Å². The van der Waals surface area contributed by atoms with Crippen LogP contribution in [-0.2, 0) is 11.3 Å². The first kappa shape index (κ1) is 24.5. The Labute approximate surface area is 206 Å². The predicted molar refractivity (Wildman–Crippen MR) is 135 cm³/mol. The molecular weight excluding hydrogens is 442 g/mol. The molecule has 2 heterocycles. The number of hydrogen-bond donors (Lipinski definition) is 0. The Hall–Kier alpha value is -3.61. The number of amides is 1. The van der Waals surface area contributed by atoms with Gasteiger partial charge in [0.05, 0.1) is 11.9 Å². The Balaban J connectivity index is 1.37. The number of nitrogens with zero attached hydrogens (tertiary/aromatic N) is 3. The lowest BCUT2D eigenvalue weighted by Crippen LogP contribution is -2.39. The molecule has 184 valence electrons. The highest BCUT2D eigenvalue weighted by atomic mass is 16.6. The average molecular weight is 476 g/mol. The zero-order valence-corrected chi connectivity index (χ0v) is 20.8. The van der Waals surface area contributed by atoms with E-state index >= 15 is 0 Å². The third-order valence-electron chi connectivity index (χ3n) is 6.24. The fourth-order valence-corrected chi connectivity index (χ4v) is 4.35. The molecule has 7 heteroatoms. The zero-order chi connectivity index (χ0) is 25.0. The van der Waals surface area contributed by atoms with E-state index in [1.54, 1.807) is 35.0 Å². The van der Waals surface area contributed by atoms with Crippen LogP contribution >= 0.6 is 0 Å². The normalized spacial score (nSPS) is 17.7. The minimum absolute atomic E-state index is 0.127. The fourth-order valence-electron chi connectivity index (χ4n) is 4.35. The Morgan fingerprint density at radius 2 is 1.89 bits per heavy atom. The lowest BCUT2D eigenvalue weighted by molar-refractivity contribution is 0.0225. The Morgan fingerprint density at radius 1 is 1.11 bits per heavy atom. The van der Waals surface area contributed by atoms with Crippen molar-refractivity contribution in [2.45, 2.75) is 64.2 Å². The van der Waals surface area contributed by atoms with Gasteiger partial charge in [-0.15, -0.1) is 0 Å². The van der Waals surface area contributed by atoms with Gasteiger partial charge in [0.15, 0.2) is 0 Å². The van der Waals surface area contributed by atoms with Crippen LogP contribution < -0.4 is 10.3 Å². The molecule has 2 atom stereocenters. The molecule has 0 bridgehead atoms. The number of carbonyl (C=O) groups is 1. The van der Waals surface area contributed by atoms with Crippen molar-refractivity contribution in [1.82, 2.24) is 14.5 Å². The summed E-state index contributed by atoms with van der Waals surface area (Å²) in [6.45, 7) is 6.03. The smallest absolute Gasteiger partial charge is 0.410 e. The number of rotatable bonds is 6. The van der Waals surface area contributed by atoms with Crippen LogP contribution in [0.5, 0.6) is 5.75 Å². The molecular formula is C28H33N3O4. The summed E-state index contributed by atoms with van der Waals surface area (Å²) in [6, 6.07) is 17.1. The molecule has 0 radical (unpaired) electrons. The van der Waals surface area contributed by atoms with Gasteiger partial charge in [0, 0.05) is 37.0 Å². The second kappa shape index (κ2) is 10.3. The number of pyridine rings is 2. The van der Waals surface area contributed by atoms with E-state index in [1.807, 2.05) is 63.2 Å². The lowest BCUT2D eigenvalue weighted by Gasteiger charge is -2.28. The van der Waals surface area contributed by atoms with E-state index in [4.69, 9.17) is 9.47 Å². The van der Waals surface area contributed by atoms with Crippen LogP contribution in [-0.4, -0.2) is 39.2 Å². The summed E-state index contributed by atoms with van der Waals surface area (Å²) < 4.78 is 12.8. The van der Waals surface area contributed by atoms with Gasteiger partial charge in [-0.2, -0.15) is 0 Å². The summed E-state index contributed by atoms with van der Waals surface area (Å²) in [5.74, 6) is 0.801. The first-order chi connectivity index (χ1) is 16.7. The first-order valence-corrected chi connectivity index (χ1v) is 12.0. The summed E-state index contributed by atoms with van der Waals surface area (Å²) >= 11 is 0. The molecule has 2 aromatic heterocycles. The van der Waals surface area contributed by atoms with Gasteiger partial charge >= 0.3 is 6.09 Å². The standard InChI is InChI=1S/C28H33N3O4/c1-28(2,3)35-27(33)30(4)22-11-10-21(16-22)25-13-12-23(18-29-25)31-15-14-24(17-26(31)32)34-19-20-8-6-5-7-9-20/h5-9,12-15,17-18,21-22H,10-11,16,19H2,1-4H3/t21?,22-/m1/s1. The van der Waals surface area contributed by atoms with E-state index in [-0.39, 0.29) is 23.6 Å². The first-order valence-electron chi connectivity index (χ1n) is 12.0. The van der Waals surface area contributed by atoms with E-state index in [0.29, 0.717) is 18.0 Å². The molecule has 1 saturated carbocycles. The van der Waals surface area contributed by atoms with Crippen molar-refractivity contribution in [2.24, 2.45) is 0 Å². The molecule has 3 aromatic rings. The molecule has 0 spiro atoms. The number of ether oxygens (including phenoxy) is 2. The van der Waals surface area contributed by atoms with Gasteiger partial charge in [0.1, 0.15) is 18.0 Å². The molecule has 1 fully saturated rings. The van der Waals surface area contributed by atoms with Crippen molar-refractivity contribution >= 4 is 6.09 Å². The molecule has 1 aromatic carbocycles. The minimum atomic E-state index is -0.509. The summed E-state index contributed by atoms with van der Waals surface area (Å²) in [4.78, 5) is 31.4. The van der Waals surface area contributed by atoms with Crippen LogP contribution in [0.25, 0.3) is 5.69 Å². The van der Waals surface area contributed by atoms with Gasteiger partial charge in [-0.25, -0.2) is 4.79 Å². The van der Waals surface area contributed by atoms with Crippen molar-refractivity contribution < 1.29 is 14.3 Å². The molecule has 35 heavy (non-hydrogen) atoms. The van der Waals surface area contributed by atoms with Crippen molar-refractivity contribution in [3.8, 4) is 11.4 Å². The summed E-state index contributed by atoms with van der Waals surface area (Å²) in [6.07, 6.45) is 5.86. The van der Waals surface area contributed by atoms with E-state index < -0.39 is 5.60 Å². The maximum Gasteiger partial charge on any atom is 0.410 e. The van der Waals surface area contributed by atoms with E-state index in [0.717, 1.165) is 30.5 Å². The van der Waals surface area contributed by atoms with Crippen molar-refractivity contribution in [3.05, 3.63) is 88.6 Å². The van der Waals surface area contributed by atoms with Gasteiger partial charge < -0.3 is 14.4 Å². The van der Waals surface area contributed by atoms with Gasteiger partial charge in [-0.3, -0.25) is 14.3 Å². The molecule has 1 aliphatic carbocycles. The second-order valence-electron chi connectivity index (χ2n) is 10.0. The van der Waals surface area contributed by atoms with Crippen molar-refractivity contribution in [1.29, 1.82) is 0 Å². The van der Waals surface area contributed by atoms with Crippen LogP contribution in [0.15, 0.2) is 71.8 Å². The Kier molecular flexibility index (Phi) is 7.24. The molecule has 4 rings (SSSR count). The molecule has 7 nitrogen and oxygen atoms in total. The van der Waals surface area contributed by atoms with E-state index in [1.165, 1.54) is 6.07 Å². The van der Waals surface area contributed by atoms with Crippen LogP contribution in [0.4, 0.5) is 4.79 Å². The minimum Gasteiger partial charge on any atom is -0.489 e. The van der Waals surface area contributed by atoms with Crippen molar-refractivity contribution in [2.75, 3.05) is 7.05 Å². The lowest BCUT2D eigenvalue weighted by atomic mass is 10.0. The fraction of sp³-hybridized carbons (Fsp3) is 0.393. The van der Waals surface area contributed by atoms with Gasteiger partial charge in [-0.1, -0.05) is 30.3 Å². The molecule has 1 aliphatic rings. The van der Waals surface area contributed by atoms with Gasteiger partial charge in [0.2, 0.25) is 0 Å². The number of aromatic nitrogens is 2. The molecule has 0 aliphatic heterocycles. The molecule has 0 saturated heterocycles. The average Bonchev–Trinajstić information content (AvgIpc) is 3.32. The largest absolute Gasteiger partial charge is 0.489 e. The van der Waals surface area contributed by atoms with Crippen LogP contribution in [0.3, 0.4) is 0 Å². The highest BCUT2D eigenvalue weighted by Crippen LogP contribution is 2.36. The summed E-state index contributed by atoms with van der Waals surface area (Å²) in [5, 5.41) is 0. The maximum absolute atomic E-state index is 12.7. The summed E-state index contributed by atoms with van der Waals surface area (Å²) in [5.41, 5.74) is 2.04. The monoisotopic (exact) mass is 475 g/mol. The summed E-state index contributed by atoms with van der Waals surface area (Å²) in [7, 11) is 1.80. The van der Waals surface area contributed by atoms with E-state index in [9.17, 15) is 9.59 Å². The Bertz CT molecular complexity index is 1200. The number of benzene rings is 1. The molecule has 1 unspecified atom stereocenters. The van der Waals surface area contributed by atoms with Gasteiger partial charge in [-0.05, 0) is 63.8 Å². The van der Waals surface area contributed by atoms with Crippen LogP contribution in [0, 0.1) is 0 Å². The third-order valence-corrected chi connectivity index (χ3v) is 6.24. The highest BCUT2D eigenvalue weighted by Gasteiger charge is 2.33. The molecule has 0 N–H and O–H groups in total. The SMILES string of the molecule is CN(C(=O)OC(C)(C)C)[C@@H]1CCC(c2ccc(-n3ccc(OCc4ccccc4)cc3=O)cn2)C1. The zero-order valence-electron chi connectivity index (χ0n) is 20.8. The van der Waals surface area contributed by atoms with Crippen LogP contribution in [0.2, 0.25) is 0 Å². The topological polar surface area (TPSA) is 73.7 Å². The number of carbonyl (C=O) groups excluding carboxylic acids is 1. The third kappa shape index (κ3) is 6.29. The van der Waals surface area contributed by atoms with Crippen molar-refractivity contribution in [3.63, 3.8) is 0 Å². The second-order valence-corrected chi connectivity index (χ2v) is 10.0. The van der Waals surface area contributed by atoms with E-state index in [2.05, 4.69) is 4.98 Å². The highest BCUT2D eigenvalue weighted by molar-refractivity contribution is 5.68. The van der Waals surface area contributed by atoms with Gasteiger partial charge in [0.25, 0.3) is 5.56 Å². The maximum atomic E-state index is 12.7. The molecule has 1 amide bonds.